The van der Waals surface area contributed by atoms with Gasteiger partial charge in [-0.15, -0.1) is 0 Å². The fourth-order valence-corrected chi connectivity index (χ4v) is 3.17. The molecule has 2 fully saturated rings. The van der Waals surface area contributed by atoms with Crippen molar-refractivity contribution in [2.75, 3.05) is 26.2 Å². The quantitative estimate of drug-likeness (QED) is 0.772. The van der Waals surface area contributed by atoms with Crippen LogP contribution in [0.5, 0.6) is 0 Å². The molecule has 18 heavy (non-hydrogen) atoms. The van der Waals surface area contributed by atoms with Gasteiger partial charge in [-0.2, -0.15) is 0 Å². The normalized spacial score (nSPS) is 36.0. The number of nitrogens with one attached hydrogen (secondary N) is 1. The SMILES string of the molecule is CCC1(C(=O)N2C[C@@H](C)[C@H](C(=O)O)C2)CCNC1. The molecule has 3 atom stereocenters. The molecule has 102 valence electrons. The second-order valence-electron chi connectivity index (χ2n) is 5.69. The molecule has 2 N–H and O–H groups in total. The van der Waals surface area contributed by atoms with Gasteiger partial charge in [-0.1, -0.05) is 13.8 Å². The van der Waals surface area contributed by atoms with E-state index < -0.39 is 11.9 Å². The van der Waals surface area contributed by atoms with Crippen molar-refractivity contribution in [1.82, 2.24) is 10.2 Å². The molecule has 2 aliphatic heterocycles. The number of rotatable bonds is 3. The Bertz CT molecular complexity index is 350. The second kappa shape index (κ2) is 4.88. The van der Waals surface area contributed by atoms with Crippen molar-refractivity contribution < 1.29 is 14.7 Å². The Morgan fingerprint density at radius 1 is 1.44 bits per heavy atom. The van der Waals surface area contributed by atoms with E-state index in [2.05, 4.69) is 5.32 Å². The Morgan fingerprint density at radius 2 is 2.17 bits per heavy atom. The Morgan fingerprint density at radius 3 is 2.61 bits per heavy atom. The predicted molar refractivity (Wildman–Crippen MR) is 67.1 cm³/mol. The molecule has 0 saturated carbocycles. The van der Waals surface area contributed by atoms with E-state index in [-0.39, 0.29) is 17.2 Å². The molecule has 0 spiro atoms. The molecule has 5 nitrogen and oxygen atoms in total. The molecule has 0 bridgehead atoms. The summed E-state index contributed by atoms with van der Waals surface area (Å²) < 4.78 is 0. The number of carbonyl (C=O) groups excluding carboxylic acids is 1. The van der Waals surface area contributed by atoms with Crippen LogP contribution < -0.4 is 5.32 Å². The smallest absolute Gasteiger partial charge is 0.308 e. The lowest BCUT2D eigenvalue weighted by atomic mass is 9.83. The molecule has 1 unspecified atom stereocenters. The molecule has 0 radical (unpaired) electrons. The van der Waals surface area contributed by atoms with E-state index in [0.717, 1.165) is 25.9 Å². The fraction of sp³-hybridized carbons (Fsp3) is 0.846. The van der Waals surface area contributed by atoms with Gasteiger partial charge in [0.25, 0.3) is 0 Å². The Kier molecular flexibility index (Phi) is 3.61. The Labute approximate surface area is 108 Å². The van der Waals surface area contributed by atoms with Crippen LogP contribution in [0, 0.1) is 17.3 Å². The van der Waals surface area contributed by atoms with E-state index in [4.69, 9.17) is 5.11 Å². The van der Waals surface area contributed by atoms with Crippen molar-refractivity contribution >= 4 is 11.9 Å². The lowest BCUT2D eigenvalue weighted by Gasteiger charge is -2.30. The number of hydrogen-bond acceptors (Lipinski definition) is 3. The maximum atomic E-state index is 12.6. The standard InChI is InChI=1S/C13H22N2O3/c1-3-13(4-5-14-8-13)12(18)15-6-9(2)10(7-15)11(16)17/h9-10,14H,3-8H2,1-2H3,(H,16,17)/t9-,10-,13?/m1/s1. The topological polar surface area (TPSA) is 69.6 Å². The van der Waals surface area contributed by atoms with Gasteiger partial charge in [-0.05, 0) is 25.3 Å². The van der Waals surface area contributed by atoms with Crippen molar-refractivity contribution in [2.24, 2.45) is 17.3 Å². The summed E-state index contributed by atoms with van der Waals surface area (Å²) in [7, 11) is 0. The van der Waals surface area contributed by atoms with Crippen LogP contribution in [0.3, 0.4) is 0 Å². The number of carboxylic acids is 1. The predicted octanol–water partition coefficient (Wildman–Crippen LogP) is 0.555. The highest BCUT2D eigenvalue weighted by Crippen LogP contribution is 2.34. The summed E-state index contributed by atoms with van der Waals surface area (Å²) in [6, 6.07) is 0. The maximum Gasteiger partial charge on any atom is 0.308 e. The van der Waals surface area contributed by atoms with Crippen molar-refractivity contribution in [2.45, 2.75) is 26.7 Å². The van der Waals surface area contributed by atoms with E-state index in [1.165, 1.54) is 0 Å². The molecule has 0 aliphatic carbocycles. The molecule has 1 amide bonds. The zero-order chi connectivity index (χ0) is 13.3. The van der Waals surface area contributed by atoms with Crippen molar-refractivity contribution in [3.63, 3.8) is 0 Å². The highest BCUT2D eigenvalue weighted by Gasteiger charge is 2.46. The first-order valence-electron chi connectivity index (χ1n) is 6.73. The summed E-state index contributed by atoms with van der Waals surface area (Å²) in [4.78, 5) is 25.5. The van der Waals surface area contributed by atoms with Crippen LogP contribution in [0.4, 0.5) is 0 Å². The van der Waals surface area contributed by atoms with Crippen molar-refractivity contribution in [1.29, 1.82) is 0 Å². The van der Waals surface area contributed by atoms with Gasteiger partial charge < -0.3 is 15.3 Å². The largest absolute Gasteiger partial charge is 0.481 e. The average molecular weight is 254 g/mol. The van der Waals surface area contributed by atoms with Gasteiger partial charge in [0.15, 0.2) is 0 Å². The zero-order valence-electron chi connectivity index (χ0n) is 11.1. The highest BCUT2D eigenvalue weighted by atomic mass is 16.4. The third-order valence-electron chi connectivity index (χ3n) is 4.59. The third kappa shape index (κ3) is 2.11. The Hall–Kier alpha value is -1.10. The molecular formula is C13H22N2O3. The number of nitrogens with zero attached hydrogens (tertiary/aromatic N) is 1. The van der Waals surface area contributed by atoms with E-state index in [1.807, 2.05) is 13.8 Å². The van der Waals surface area contributed by atoms with Crippen LogP contribution in [-0.2, 0) is 9.59 Å². The first-order chi connectivity index (χ1) is 8.50. The van der Waals surface area contributed by atoms with Crippen LogP contribution in [-0.4, -0.2) is 48.1 Å². The lowest BCUT2D eigenvalue weighted by molar-refractivity contribution is -0.143. The summed E-state index contributed by atoms with van der Waals surface area (Å²) in [6.45, 7) is 6.52. The first kappa shape index (κ1) is 13.3. The summed E-state index contributed by atoms with van der Waals surface area (Å²) in [5, 5.41) is 12.4. The highest BCUT2D eigenvalue weighted by molar-refractivity contribution is 5.84. The second-order valence-corrected chi connectivity index (χ2v) is 5.69. The summed E-state index contributed by atoms with van der Waals surface area (Å²) in [5.74, 6) is -0.995. The fourth-order valence-electron chi connectivity index (χ4n) is 3.17. The summed E-state index contributed by atoms with van der Waals surface area (Å²) in [5.41, 5.74) is -0.298. The van der Waals surface area contributed by atoms with Crippen LogP contribution in [0.15, 0.2) is 0 Å². The molecule has 5 heteroatoms. The van der Waals surface area contributed by atoms with Gasteiger partial charge in [-0.25, -0.2) is 0 Å². The molecule has 0 aromatic heterocycles. The third-order valence-corrected chi connectivity index (χ3v) is 4.59. The van der Waals surface area contributed by atoms with E-state index in [9.17, 15) is 9.59 Å². The van der Waals surface area contributed by atoms with Gasteiger partial charge in [0, 0.05) is 19.6 Å². The van der Waals surface area contributed by atoms with E-state index in [1.54, 1.807) is 4.90 Å². The molecule has 0 aromatic rings. The monoisotopic (exact) mass is 254 g/mol. The maximum absolute atomic E-state index is 12.6. The molecule has 0 aromatic carbocycles. The molecule has 2 heterocycles. The molecule has 2 aliphatic rings. The van der Waals surface area contributed by atoms with Crippen LogP contribution in [0.1, 0.15) is 26.7 Å². The molecule has 2 rings (SSSR count). The summed E-state index contributed by atoms with van der Waals surface area (Å²) >= 11 is 0. The van der Waals surface area contributed by atoms with Gasteiger partial charge in [0.1, 0.15) is 0 Å². The number of amides is 1. The first-order valence-corrected chi connectivity index (χ1v) is 6.73. The van der Waals surface area contributed by atoms with Crippen LogP contribution in [0.2, 0.25) is 0 Å². The van der Waals surface area contributed by atoms with E-state index >= 15 is 0 Å². The lowest BCUT2D eigenvalue weighted by Crippen LogP contribution is -2.44. The molecule has 2 saturated heterocycles. The number of carboxylic acid groups (broad SMARTS) is 1. The number of likely N-dealkylation sites (tertiary alicyclic amines) is 1. The Balaban J connectivity index is 2.09. The van der Waals surface area contributed by atoms with Gasteiger partial charge in [-0.3, -0.25) is 9.59 Å². The number of carbonyl (C=O) groups is 2. The van der Waals surface area contributed by atoms with Crippen LogP contribution in [0.25, 0.3) is 0 Å². The van der Waals surface area contributed by atoms with Crippen molar-refractivity contribution in [3.8, 4) is 0 Å². The van der Waals surface area contributed by atoms with E-state index in [0.29, 0.717) is 13.1 Å². The van der Waals surface area contributed by atoms with Crippen LogP contribution >= 0.6 is 0 Å². The minimum absolute atomic E-state index is 0.0507. The van der Waals surface area contributed by atoms with Gasteiger partial charge >= 0.3 is 5.97 Å². The zero-order valence-corrected chi connectivity index (χ0v) is 11.1. The summed E-state index contributed by atoms with van der Waals surface area (Å²) in [6.07, 6.45) is 1.69. The van der Waals surface area contributed by atoms with Crippen molar-refractivity contribution in [3.05, 3.63) is 0 Å². The van der Waals surface area contributed by atoms with Gasteiger partial charge in [0.2, 0.25) is 5.91 Å². The number of hydrogen-bond donors (Lipinski definition) is 2. The molecular weight excluding hydrogens is 232 g/mol. The minimum atomic E-state index is -0.784. The minimum Gasteiger partial charge on any atom is -0.481 e. The average Bonchev–Trinajstić information content (AvgIpc) is 2.95. The van der Waals surface area contributed by atoms with Gasteiger partial charge in [0.05, 0.1) is 11.3 Å². The number of aliphatic carboxylic acids is 1.